The Labute approximate surface area is 119 Å². The number of carbonyl (C=O) groups is 1. The number of nitrogens with zero attached hydrogens (tertiary/aromatic N) is 1. The molecule has 2 amide bonds. The summed E-state index contributed by atoms with van der Waals surface area (Å²) < 4.78 is 18.5. The summed E-state index contributed by atoms with van der Waals surface area (Å²) in [6.45, 7) is 0.192. The van der Waals surface area contributed by atoms with Gasteiger partial charge in [-0.2, -0.15) is 0 Å². The van der Waals surface area contributed by atoms with Crippen LogP contribution in [0.3, 0.4) is 0 Å². The van der Waals surface area contributed by atoms with E-state index in [1.165, 1.54) is 12.1 Å². The Morgan fingerprint density at radius 1 is 1.14 bits per heavy atom. The van der Waals surface area contributed by atoms with Gasteiger partial charge < -0.3 is 15.2 Å². The van der Waals surface area contributed by atoms with Crippen molar-refractivity contribution in [2.24, 2.45) is 0 Å². The molecule has 2 aromatic carbocycles. The van der Waals surface area contributed by atoms with Crippen molar-refractivity contribution in [2.75, 3.05) is 5.32 Å². The maximum Gasteiger partial charge on any atom is 0.319 e. The van der Waals surface area contributed by atoms with Gasteiger partial charge in [-0.05, 0) is 24.3 Å². The minimum atomic E-state index is -0.507. The molecule has 5 nitrogen and oxygen atoms in total. The fourth-order valence-corrected chi connectivity index (χ4v) is 1.96. The Kier molecular flexibility index (Phi) is 3.51. The summed E-state index contributed by atoms with van der Waals surface area (Å²) in [6.07, 6.45) is 0. The fourth-order valence-electron chi connectivity index (χ4n) is 1.96. The summed E-state index contributed by atoms with van der Waals surface area (Å²) in [5, 5.41) is 9.79. The first-order valence-corrected chi connectivity index (χ1v) is 6.37. The molecular formula is C15H12FN3O2. The number of para-hydroxylation sites is 2. The highest BCUT2D eigenvalue weighted by atomic mass is 19.1. The molecule has 0 aliphatic heterocycles. The second-order valence-corrected chi connectivity index (χ2v) is 4.41. The third kappa shape index (κ3) is 2.84. The number of rotatable bonds is 3. The molecule has 0 aliphatic carbocycles. The quantitative estimate of drug-likeness (QED) is 0.776. The van der Waals surface area contributed by atoms with Crippen molar-refractivity contribution in [1.82, 2.24) is 10.5 Å². The van der Waals surface area contributed by atoms with Crippen molar-refractivity contribution in [2.45, 2.75) is 6.54 Å². The van der Waals surface area contributed by atoms with Crippen molar-refractivity contribution < 1.29 is 13.7 Å². The Balaban J connectivity index is 1.65. The number of anilines is 1. The van der Waals surface area contributed by atoms with Crippen molar-refractivity contribution in [3.63, 3.8) is 0 Å². The van der Waals surface area contributed by atoms with Crippen LogP contribution < -0.4 is 10.6 Å². The predicted octanol–water partition coefficient (Wildman–Crippen LogP) is 3.29. The monoisotopic (exact) mass is 285 g/mol. The van der Waals surface area contributed by atoms with Crippen LogP contribution >= 0.6 is 0 Å². The van der Waals surface area contributed by atoms with E-state index >= 15 is 0 Å². The van der Waals surface area contributed by atoms with E-state index in [1.54, 1.807) is 18.2 Å². The molecule has 0 unspecified atom stereocenters. The number of aromatic nitrogens is 1. The van der Waals surface area contributed by atoms with E-state index in [9.17, 15) is 9.18 Å². The molecule has 106 valence electrons. The minimum absolute atomic E-state index is 0.125. The molecule has 2 N–H and O–H groups in total. The number of fused-ring (bicyclic) bond motifs is 1. The number of hydrogen-bond acceptors (Lipinski definition) is 3. The molecule has 0 atom stereocenters. The van der Waals surface area contributed by atoms with Crippen molar-refractivity contribution in [3.8, 4) is 0 Å². The van der Waals surface area contributed by atoms with E-state index in [-0.39, 0.29) is 12.2 Å². The Hall–Kier alpha value is -2.89. The molecule has 0 saturated carbocycles. The van der Waals surface area contributed by atoms with E-state index in [0.29, 0.717) is 11.3 Å². The van der Waals surface area contributed by atoms with Gasteiger partial charge >= 0.3 is 6.03 Å². The standard InChI is InChI=1S/C15H12FN3O2/c16-11-6-2-3-7-12(11)18-15(20)17-9-13-10-5-1-4-8-14(10)21-19-13/h1-8H,9H2,(H2,17,18,20). The first kappa shape index (κ1) is 13.1. The molecule has 1 heterocycles. The van der Waals surface area contributed by atoms with Crippen LogP contribution in [0.5, 0.6) is 0 Å². The topological polar surface area (TPSA) is 67.2 Å². The number of halogens is 1. The van der Waals surface area contributed by atoms with Crippen LogP contribution in [0.2, 0.25) is 0 Å². The molecule has 0 fully saturated rings. The van der Waals surface area contributed by atoms with Crippen LogP contribution in [-0.2, 0) is 6.54 Å². The van der Waals surface area contributed by atoms with Gasteiger partial charge in [0.05, 0.1) is 12.2 Å². The number of urea groups is 1. The molecule has 6 heteroatoms. The maximum atomic E-state index is 13.4. The molecule has 0 radical (unpaired) electrons. The number of nitrogens with one attached hydrogen (secondary N) is 2. The van der Waals surface area contributed by atoms with Gasteiger partial charge in [-0.1, -0.05) is 29.4 Å². The number of benzene rings is 2. The lowest BCUT2D eigenvalue weighted by molar-refractivity contribution is 0.251. The number of hydrogen-bond donors (Lipinski definition) is 2. The van der Waals surface area contributed by atoms with Crippen molar-refractivity contribution >= 4 is 22.7 Å². The van der Waals surface area contributed by atoms with E-state index in [1.807, 2.05) is 18.2 Å². The summed E-state index contributed by atoms with van der Waals surface area (Å²) in [6, 6.07) is 12.8. The largest absolute Gasteiger partial charge is 0.356 e. The summed E-state index contributed by atoms with van der Waals surface area (Å²) in [5.41, 5.74) is 1.40. The SMILES string of the molecule is O=C(NCc1noc2ccccc12)Nc1ccccc1F. The van der Waals surface area contributed by atoms with Crippen molar-refractivity contribution in [1.29, 1.82) is 0 Å². The van der Waals surface area contributed by atoms with Crippen LogP contribution in [0.15, 0.2) is 53.1 Å². The highest BCUT2D eigenvalue weighted by Gasteiger charge is 2.10. The second-order valence-electron chi connectivity index (χ2n) is 4.41. The van der Waals surface area contributed by atoms with Gasteiger partial charge in [0.25, 0.3) is 0 Å². The third-order valence-electron chi connectivity index (χ3n) is 2.99. The minimum Gasteiger partial charge on any atom is -0.356 e. The zero-order valence-corrected chi connectivity index (χ0v) is 11.0. The highest BCUT2D eigenvalue weighted by molar-refractivity contribution is 5.89. The first-order valence-electron chi connectivity index (χ1n) is 6.37. The Morgan fingerprint density at radius 3 is 2.76 bits per heavy atom. The first-order chi connectivity index (χ1) is 10.2. The summed E-state index contributed by atoms with van der Waals surface area (Å²) >= 11 is 0. The van der Waals surface area contributed by atoms with E-state index in [0.717, 1.165) is 5.39 Å². The molecular weight excluding hydrogens is 273 g/mol. The zero-order chi connectivity index (χ0) is 14.7. The summed E-state index contributed by atoms with van der Waals surface area (Å²) in [7, 11) is 0. The molecule has 21 heavy (non-hydrogen) atoms. The summed E-state index contributed by atoms with van der Waals surface area (Å²) in [5.74, 6) is -0.487. The smallest absolute Gasteiger partial charge is 0.319 e. The lowest BCUT2D eigenvalue weighted by Gasteiger charge is -2.07. The second kappa shape index (κ2) is 5.62. The average molecular weight is 285 g/mol. The Morgan fingerprint density at radius 2 is 1.90 bits per heavy atom. The van der Waals surface area contributed by atoms with Gasteiger partial charge in [-0.15, -0.1) is 0 Å². The molecule has 3 aromatic rings. The average Bonchev–Trinajstić information content (AvgIpc) is 2.91. The molecule has 0 bridgehead atoms. The molecule has 3 rings (SSSR count). The molecule has 0 aliphatic rings. The summed E-state index contributed by atoms with van der Waals surface area (Å²) in [4.78, 5) is 11.7. The van der Waals surface area contributed by atoms with Crippen LogP contribution in [-0.4, -0.2) is 11.2 Å². The van der Waals surface area contributed by atoms with Gasteiger partial charge in [-0.3, -0.25) is 0 Å². The van der Waals surface area contributed by atoms with Gasteiger partial charge in [0.2, 0.25) is 0 Å². The van der Waals surface area contributed by atoms with E-state index in [2.05, 4.69) is 15.8 Å². The highest BCUT2D eigenvalue weighted by Crippen LogP contribution is 2.17. The fraction of sp³-hybridized carbons (Fsp3) is 0.0667. The van der Waals surface area contributed by atoms with Gasteiger partial charge in [0, 0.05) is 5.39 Å². The van der Waals surface area contributed by atoms with E-state index in [4.69, 9.17) is 4.52 Å². The third-order valence-corrected chi connectivity index (χ3v) is 2.99. The normalized spacial score (nSPS) is 10.5. The number of carbonyl (C=O) groups excluding carboxylic acids is 1. The zero-order valence-electron chi connectivity index (χ0n) is 11.0. The molecule has 0 spiro atoms. The van der Waals surface area contributed by atoms with Crippen LogP contribution in [0.1, 0.15) is 5.69 Å². The van der Waals surface area contributed by atoms with Crippen LogP contribution in [0, 0.1) is 5.82 Å². The van der Waals surface area contributed by atoms with Crippen LogP contribution in [0.4, 0.5) is 14.9 Å². The maximum absolute atomic E-state index is 13.4. The lowest BCUT2D eigenvalue weighted by Crippen LogP contribution is -2.28. The van der Waals surface area contributed by atoms with Crippen molar-refractivity contribution in [3.05, 3.63) is 60.0 Å². The van der Waals surface area contributed by atoms with Crippen LogP contribution in [0.25, 0.3) is 11.0 Å². The molecule has 1 aromatic heterocycles. The van der Waals surface area contributed by atoms with Gasteiger partial charge in [-0.25, -0.2) is 9.18 Å². The number of amides is 2. The predicted molar refractivity (Wildman–Crippen MR) is 76.3 cm³/mol. The molecule has 0 saturated heterocycles. The lowest BCUT2D eigenvalue weighted by atomic mass is 10.2. The van der Waals surface area contributed by atoms with Gasteiger partial charge in [0.1, 0.15) is 11.5 Å². The van der Waals surface area contributed by atoms with E-state index < -0.39 is 11.8 Å². The Bertz CT molecular complexity index is 785. The van der Waals surface area contributed by atoms with Gasteiger partial charge in [0.15, 0.2) is 5.58 Å².